The monoisotopic (exact) mass is 363 g/mol. The molecule has 0 aromatic rings. The third kappa shape index (κ3) is 18.2. The summed E-state index contributed by atoms with van der Waals surface area (Å²) in [5.41, 5.74) is 0. The van der Waals surface area contributed by atoms with E-state index in [4.69, 9.17) is 0 Å². The van der Waals surface area contributed by atoms with Gasteiger partial charge in [0.1, 0.15) is 0 Å². The van der Waals surface area contributed by atoms with Gasteiger partial charge in [-0.3, -0.25) is 0 Å². The molecule has 39 valence electrons. The van der Waals surface area contributed by atoms with E-state index in [0.29, 0.717) is 0 Å². The summed E-state index contributed by atoms with van der Waals surface area (Å²) in [6.45, 7) is 4.94. The quantitative estimate of drug-likeness (QED) is 0.643. The zero-order chi connectivity index (χ0) is 4.28. The third-order valence-corrected chi connectivity index (χ3v) is 0.862. The van der Waals surface area contributed by atoms with E-state index in [1.807, 2.05) is 0 Å². The van der Waals surface area contributed by atoms with E-state index in [0.717, 1.165) is 0 Å². The molecule has 0 aliphatic heterocycles. The van der Waals surface area contributed by atoms with Gasteiger partial charge in [-0.05, 0) is 12.5 Å². The smallest absolute Gasteiger partial charge is 0.0933 e. The minimum atomic E-state index is -1.36. The first-order valence-corrected chi connectivity index (χ1v) is 3.39. The molecule has 0 N–H and O–H groups in total. The van der Waals surface area contributed by atoms with Crippen molar-refractivity contribution in [3.05, 3.63) is 12.4 Å². The molecular weight excluding hydrogens is 356 g/mol. The van der Waals surface area contributed by atoms with Crippen LogP contribution in [0.2, 0.25) is 0 Å². The van der Waals surface area contributed by atoms with Crippen LogP contribution in [-0.4, -0.2) is 6.66 Å². The summed E-state index contributed by atoms with van der Waals surface area (Å²) in [6, 6.07) is 0. The Balaban J connectivity index is -0.0000000800. The Morgan fingerprint density at radius 1 is 1.71 bits per heavy atom. The number of hydrogen-bond acceptors (Lipinski definition) is 1. The van der Waals surface area contributed by atoms with E-state index >= 15 is 0 Å². The summed E-state index contributed by atoms with van der Waals surface area (Å²) in [4.78, 5) is 0. The van der Waals surface area contributed by atoms with E-state index in [-0.39, 0.29) is 53.8 Å². The summed E-state index contributed by atoms with van der Waals surface area (Å²) in [6.07, 6.45) is 0. The molecule has 0 rings (SSSR count). The number of rotatable bonds is 1. The van der Waals surface area contributed by atoms with Gasteiger partial charge in [0.2, 0.25) is 0 Å². The zero-order valence-corrected chi connectivity index (χ0v) is 11.0. The van der Waals surface area contributed by atoms with Crippen LogP contribution >= 0.6 is 7.80 Å². The Morgan fingerprint density at radius 3 is 1.86 bits per heavy atom. The van der Waals surface area contributed by atoms with Gasteiger partial charge in [0.15, 0.2) is 0 Å². The van der Waals surface area contributed by atoms with Crippen LogP contribution in [0.5, 0.6) is 0 Å². The van der Waals surface area contributed by atoms with Crippen molar-refractivity contribution >= 4 is 7.80 Å². The van der Waals surface area contributed by atoms with Crippen molar-refractivity contribution in [2.24, 2.45) is 0 Å². The van der Waals surface area contributed by atoms with Crippen LogP contribution in [0.1, 0.15) is 0 Å². The fourth-order valence-electron chi connectivity index (χ4n) is 0. The Hall–Kier alpha value is 1.76. The topological polar surface area (TPSA) is 17.1 Å². The van der Waals surface area contributed by atoms with E-state index in [9.17, 15) is 4.57 Å². The molecule has 1 unspecified atom stereocenters. The van der Waals surface area contributed by atoms with Crippen LogP contribution in [0.4, 0.5) is 0 Å². The molecule has 0 bridgehead atoms. The van der Waals surface area contributed by atoms with Crippen molar-refractivity contribution in [3.8, 4) is 0 Å². The molecule has 0 spiro atoms. The molecule has 0 saturated heterocycles. The molecule has 0 aromatic heterocycles. The first-order chi connectivity index (χ1) is 2.27. The number of hydrogen-bond donors (Lipinski definition) is 0. The molecule has 7 heavy (non-hydrogen) atoms. The maximum atomic E-state index is 9.88. The van der Waals surface area contributed by atoms with E-state index in [2.05, 4.69) is 6.58 Å². The molecule has 0 fully saturated rings. The van der Waals surface area contributed by atoms with Crippen LogP contribution < -0.4 is 0 Å². The van der Waals surface area contributed by atoms with Gasteiger partial charge >= 0.3 is 0 Å². The van der Waals surface area contributed by atoms with E-state index in [1.165, 1.54) is 5.82 Å². The fourth-order valence-corrected chi connectivity index (χ4v) is 0. The Bertz CT molecular complexity index is 66.0. The van der Waals surface area contributed by atoms with Crippen LogP contribution in [0.3, 0.4) is 0 Å². The first-order valence-electron chi connectivity index (χ1n) is 1.40. The molecular formula is C3H7OPWY. The first kappa shape index (κ1) is 15.9. The molecule has 0 aliphatic rings. The predicted molar refractivity (Wildman–Crippen MR) is 25.1 cm³/mol. The van der Waals surface area contributed by atoms with Crippen LogP contribution in [0.25, 0.3) is 0 Å². The summed E-state index contributed by atoms with van der Waals surface area (Å²) in [5.74, 6) is 1.46. The Kier molecular flexibility index (Phi) is 24.3. The predicted octanol–water partition coefficient (Wildman–Crippen LogP) is 1.31. The Morgan fingerprint density at radius 2 is 1.86 bits per heavy atom. The average Bonchev–Trinajstić information content (AvgIpc) is 1.38. The van der Waals surface area contributed by atoms with Crippen molar-refractivity contribution in [3.63, 3.8) is 0 Å². The Labute approximate surface area is 84.3 Å². The second-order valence-electron chi connectivity index (χ2n) is 0.815. The van der Waals surface area contributed by atoms with Crippen molar-refractivity contribution in [1.82, 2.24) is 0 Å². The summed E-state index contributed by atoms with van der Waals surface area (Å²) >= 11 is 0. The molecule has 1 nitrogen and oxygen atoms in total. The maximum absolute atomic E-state index is 9.88. The minimum Gasteiger partial charge on any atom is -0.323 e. The van der Waals surface area contributed by atoms with Gasteiger partial charge < -0.3 is 4.57 Å². The van der Waals surface area contributed by atoms with Crippen molar-refractivity contribution < 1.29 is 58.3 Å². The molecule has 0 amide bonds. The van der Waals surface area contributed by atoms with Gasteiger partial charge in [0, 0.05) is 53.8 Å². The molecule has 1 radical (unpaired) electrons. The molecule has 0 heterocycles. The van der Waals surface area contributed by atoms with E-state index < -0.39 is 7.80 Å². The third-order valence-electron chi connectivity index (χ3n) is 0.287. The van der Waals surface area contributed by atoms with Crippen LogP contribution in [0, 0.1) is 0 Å². The van der Waals surface area contributed by atoms with Crippen LogP contribution in [-0.2, 0) is 58.3 Å². The zero-order valence-electron chi connectivity index (χ0n) is 4.18. The van der Waals surface area contributed by atoms with E-state index in [1.54, 1.807) is 6.66 Å². The van der Waals surface area contributed by atoms with Gasteiger partial charge in [0.25, 0.3) is 0 Å². The largest absolute Gasteiger partial charge is 0.323 e. The SMILES string of the molecule is C=C[PH](C)=O.[W].[Y]. The molecule has 0 saturated carbocycles. The summed E-state index contributed by atoms with van der Waals surface area (Å²) in [5, 5.41) is 0. The van der Waals surface area contributed by atoms with Crippen LogP contribution in [0.15, 0.2) is 12.4 Å². The van der Waals surface area contributed by atoms with Gasteiger partial charge in [-0.25, -0.2) is 0 Å². The molecule has 1 atom stereocenters. The molecule has 0 aliphatic carbocycles. The second kappa shape index (κ2) is 10.7. The standard InChI is InChI=1S/C3H7OP.W.Y/c1-3-5(2)4;;/h3,5H,1H2,2H3;;. The summed E-state index contributed by atoms with van der Waals surface area (Å²) in [7, 11) is -1.36. The maximum Gasteiger partial charge on any atom is 0.0933 e. The molecule has 0 aromatic carbocycles. The normalized spacial score (nSPS) is 9.86. The molecule has 4 heteroatoms. The fraction of sp³-hybridized carbons (Fsp3) is 0.333. The van der Waals surface area contributed by atoms with Gasteiger partial charge in [-0.2, -0.15) is 0 Å². The van der Waals surface area contributed by atoms with Gasteiger partial charge in [-0.1, -0.05) is 6.58 Å². The van der Waals surface area contributed by atoms with Crippen molar-refractivity contribution in [2.75, 3.05) is 6.66 Å². The minimum absolute atomic E-state index is 0. The van der Waals surface area contributed by atoms with Gasteiger partial charge in [-0.15, -0.1) is 0 Å². The van der Waals surface area contributed by atoms with Gasteiger partial charge in [0.05, 0.1) is 7.80 Å². The van der Waals surface area contributed by atoms with Crippen molar-refractivity contribution in [1.29, 1.82) is 0 Å². The second-order valence-corrected chi connectivity index (χ2v) is 2.44. The average molecular weight is 363 g/mol. The summed E-state index contributed by atoms with van der Waals surface area (Å²) < 4.78 is 9.88. The van der Waals surface area contributed by atoms with Crippen molar-refractivity contribution in [2.45, 2.75) is 0 Å².